The largest absolute Gasteiger partial charge is 0.417 e. The molecule has 2 atom stereocenters. The van der Waals surface area contributed by atoms with E-state index in [9.17, 15) is 23.2 Å². The van der Waals surface area contributed by atoms with Crippen LogP contribution in [0.1, 0.15) is 36.8 Å². The van der Waals surface area contributed by atoms with Crippen molar-refractivity contribution in [3.63, 3.8) is 0 Å². The first kappa shape index (κ1) is 23.4. The van der Waals surface area contributed by atoms with E-state index in [2.05, 4.69) is 30.6 Å². The Morgan fingerprint density at radius 1 is 1.29 bits per heavy atom. The number of H-pyrrole nitrogens is 1. The van der Waals surface area contributed by atoms with Gasteiger partial charge in [0.15, 0.2) is 0 Å². The third kappa shape index (κ3) is 5.09. The van der Waals surface area contributed by atoms with Gasteiger partial charge in [0.05, 0.1) is 23.0 Å². The van der Waals surface area contributed by atoms with Crippen molar-refractivity contribution in [3.8, 4) is 17.3 Å². The molecule has 12 heteroatoms. The number of nitriles is 1. The molecule has 34 heavy (non-hydrogen) atoms. The summed E-state index contributed by atoms with van der Waals surface area (Å²) in [5, 5.41) is 15.9. The summed E-state index contributed by atoms with van der Waals surface area (Å²) in [6, 6.07) is 2.94. The molecule has 0 bridgehead atoms. The Morgan fingerprint density at radius 2 is 2.09 bits per heavy atom. The van der Waals surface area contributed by atoms with E-state index in [4.69, 9.17) is 4.74 Å². The van der Waals surface area contributed by atoms with Crippen molar-refractivity contribution in [1.82, 2.24) is 25.3 Å². The number of nitrogens with zero attached hydrogens (tertiary/aromatic N) is 4. The molecule has 3 aromatic heterocycles. The predicted octanol–water partition coefficient (Wildman–Crippen LogP) is 3.40. The summed E-state index contributed by atoms with van der Waals surface area (Å²) in [5.74, 6) is 0.0633. The average Bonchev–Trinajstić information content (AvgIpc) is 3.22. The number of carbonyl (C=O) groups excluding carboxylic acids is 1. The molecule has 0 unspecified atom stereocenters. The molecule has 0 saturated heterocycles. The van der Waals surface area contributed by atoms with E-state index in [1.54, 1.807) is 0 Å². The molecule has 0 spiro atoms. The third-order valence-corrected chi connectivity index (χ3v) is 5.67. The van der Waals surface area contributed by atoms with Crippen molar-refractivity contribution >= 4 is 22.9 Å². The number of fused-ring (bicyclic) bond motifs is 1. The Kier molecular flexibility index (Phi) is 6.65. The standard InChI is InChI=1S/C22H22F3N7O2/c1-34-11-18(33)30-14-3-2-4-15(6-14)31-21-29-8-12(7-26)19(32-21)17-10-28-20-16(17)5-13(9-27-20)22(23,24)25/h5,8-10,14-15H,2-4,6,11H2,1H3,(H,27,28)(H,30,33)(H,29,31,32)/t14-,15+/m1/s1. The number of aromatic amines is 1. The van der Waals surface area contributed by atoms with Crippen LogP contribution in [-0.4, -0.2) is 51.6 Å². The molecular formula is C22H22F3N7O2. The van der Waals surface area contributed by atoms with Crippen molar-refractivity contribution in [1.29, 1.82) is 5.26 Å². The van der Waals surface area contributed by atoms with Crippen molar-refractivity contribution in [2.24, 2.45) is 0 Å². The van der Waals surface area contributed by atoms with E-state index in [0.717, 1.165) is 31.5 Å². The maximum atomic E-state index is 13.2. The van der Waals surface area contributed by atoms with Gasteiger partial charge in [-0.15, -0.1) is 0 Å². The Morgan fingerprint density at radius 3 is 2.82 bits per heavy atom. The molecule has 1 aliphatic rings. The van der Waals surface area contributed by atoms with E-state index in [-0.39, 0.29) is 52.8 Å². The van der Waals surface area contributed by atoms with Crippen LogP contribution in [0.3, 0.4) is 0 Å². The molecule has 0 radical (unpaired) electrons. The molecule has 1 fully saturated rings. The summed E-state index contributed by atoms with van der Waals surface area (Å²) in [6.07, 6.45) is 2.23. The molecule has 178 valence electrons. The molecule has 1 saturated carbocycles. The van der Waals surface area contributed by atoms with Gasteiger partial charge in [0.2, 0.25) is 11.9 Å². The van der Waals surface area contributed by atoms with Gasteiger partial charge in [0, 0.05) is 42.5 Å². The Bertz CT molecular complexity index is 1240. The number of rotatable bonds is 6. The number of pyridine rings is 1. The second-order valence-electron chi connectivity index (χ2n) is 8.09. The molecule has 1 aliphatic carbocycles. The number of amides is 1. The summed E-state index contributed by atoms with van der Waals surface area (Å²) in [4.78, 5) is 27.2. The van der Waals surface area contributed by atoms with Crippen LogP contribution >= 0.6 is 0 Å². The van der Waals surface area contributed by atoms with E-state index < -0.39 is 11.7 Å². The lowest BCUT2D eigenvalue weighted by atomic mass is 9.91. The molecule has 4 rings (SSSR count). The molecule has 0 aromatic carbocycles. The number of alkyl halides is 3. The second-order valence-corrected chi connectivity index (χ2v) is 8.09. The molecule has 3 N–H and O–H groups in total. The molecule has 0 aliphatic heterocycles. The summed E-state index contributed by atoms with van der Waals surface area (Å²) in [7, 11) is 1.46. The quantitative estimate of drug-likeness (QED) is 0.501. The van der Waals surface area contributed by atoms with Gasteiger partial charge in [-0.1, -0.05) is 0 Å². The van der Waals surface area contributed by atoms with Crippen molar-refractivity contribution in [2.45, 2.75) is 43.9 Å². The first-order valence-corrected chi connectivity index (χ1v) is 10.6. The van der Waals surface area contributed by atoms with Crippen LogP contribution in [0.2, 0.25) is 0 Å². The highest BCUT2D eigenvalue weighted by molar-refractivity contribution is 5.94. The molecular weight excluding hydrogens is 451 g/mol. The zero-order valence-electron chi connectivity index (χ0n) is 18.2. The number of methoxy groups -OCH3 is 1. The highest BCUT2D eigenvalue weighted by Gasteiger charge is 2.32. The number of nitrogens with one attached hydrogen (secondary N) is 3. The monoisotopic (exact) mass is 473 g/mol. The van der Waals surface area contributed by atoms with Crippen LogP contribution in [-0.2, 0) is 15.7 Å². The lowest BCUT2D eigenvalue weighted by Crippen LogP contribution is -2.43. The predicted molar refractivity (Wildman–Crippen MR) is 117 cm³/mol. The Labute approximate surface area is 192 Å². The van der Waals surface area contributed by atoms with Crippen LogP contribution in [0.4, 0.5) is 19.1 Å². The molecule has 9 nitrogen and oxygen atoms in total. The van der Waals surface area contributed by atoms with Gasteiger partial charge in [-0.2, -0.15) is 18.4 Å². The van der Waals surface area contributed by atoms with Crippen LogP contribution in [0, 0.1) is 11.3 Å². The third-order valence-electron chi connectivity index (χ3n) is 5.67. The lowest BCUT2D eigenvalue weighted by Gasteiger charge is -2.30. The topological polar surface area (TPSA) is 129 Å². The normalized spacial score (nSPS) is 18.4. The maximum absolute atomic E-state index is 13.2. The van der Waals surface area contributed by atoms with Gasteiger partial charge in [-0.25, -0.2) is 15.0 Å². The highest BCUT2D eigenvalue weighted by atomic mass is 19.4. The molecule has 3 aromatic rings. The van der Waals surface area contributed by atoms with Crippen LogP contribution in [0.15, 0.2) is 24.7 Å². The fraction of sp³-hybridized carbons (Fsp3) is 0.409. The van der Waals surface area contributed by atoms with Crippen LogP contribution < -0.4 is 10.6 Å². The SMILES string of the molecule is COCC(=O)N[C@@H]1CCC[C@H](Nc2ncc(C#N)c(-c3c[nH]c4ncc(C(F)(F)F)cc34)n2)C1. The average molecular weight is 473 g/mol. The van der Waals surface area contributed by atoms with Gasteiger partial charge >= 0.3 is 6.18 Å². The zero-order valence-corrected chi connectivity index (χ0v) is 18.2. The fourth-order valence-corrected chi connectivity index (χ4v) is 4.13. The smallest absolute Gasteiger partial charge is 0.375 e. The van der Waals surface area contributed by atoms with Gasteiger partial charge < -0.3 is 20.4 Å². The maximum Gasteiger partial charge on any atom is 0.417 e. The highest BCUT2D eigenvalue weighted by Crippen LogP contribution is 2.35. The second kappa shape index (κ2) is 9.64. The fourth-order valence-electron chi connectivity index (χ4n) is 4.13. The minimum absolute atomic E-state index is 0.00772. The van der Waals surface area contributed by atoms with E-state index in [0.29, 0.717) is 12.0 Å². The van der Waals surface area contributed by atoms with Crippen molar-refractivity contribution in [2.75, 3.05) is 19.0 Å². The summed E-state index contributed by atoms with van der Waals surface area (Å²) < 4.78 is 44.5. The van der Waals surface area contributed by atoms with Gasteiger partial charge in [0.25, 0.3) is 0 Å². The summed E-state index contributed by atoms with van der Waals surface area (Å²) in [6.45, 7) is -0.00772. The Balaban J connectivity index is 1.60. The number of hydrogen-bond acceptors (Lipinski definition) is 7. The van der Waals surface area contributed by atoms with E-state index in [1.165, 1.54) is 19.5 Å². The molecule has 3 heterocycles. The van der Waals surface area contributed by atoms with Gasteiger partial charge in [-0.3, -0.25) is 4.79 Å². The number of halogens is 3. The number of ether oxygens (including phenoxy) is 1. The summed E-state index contributed by atoms with van der Waals surface area (Å²) >= 11 is 0. The van der Waals surface area contributed by atoms with E-state index in [1.807, 2.05) is 6.07 Å². The number of anilines is 1. The van der Waals surface area contributed by atoms with Crippen LogP contribution in [0.5, 0.6) is 0 Å². The summed E-state index contributed by atoms with van der Waals surface area (Å²) in [5.41, 5.74) is 0.00626. The lowest BCUT2D eigenvalue weighted by molar-refractivity contribution is -0.137. The van der Waals surface area contributed by atoms with Gasteiger partial charge in [0.1, 0.15) is 18.3 Å². The molecule has 1 amide bonds. The van der Waals surface area contributed by atoms with Gasteiger partial charge in [-0.05, 0) is 31.7 Å². The Hall–Kier alpha value is -3.72. The van der Waals surface area contributed by atoms with Crippen molar-refractivity contribution in [3.05, 3.63) is 35.8 Å². The first-order valence-electron chi connectivity index (χ1n) is 10.6. The van der Waals surface area contributed by atoms with E-state index >= 15 is 0 Å². The minimum Gasteiger partial charge on any atom is -0.375 e. The van der Waals surface area contributed by atoms with Crippen molar-refractivity contribution < 1.29 is 22.7 Å². The zero-order chi connectivity index (χ0) is 24.3. The minimum atomic E-state index is -4.55. The number of carbonyl (C=O) groups is 1. The van der Waals surface area contributed by atoms with Crippen LogP contribution in [0.25, 0.3) is 22.3 Å². The first-order chi connectivity index (χ1) is 16.3. The number of aromatic nitrogens is 4. The number of hydrogen-bond donors (Lipinski definition) is 3.